The Labute approximate surface area is 184 Å². The first-order chi connectivity index (χ1) is 15.5. The van der Waals surface area contributed by atoms with Gasteiger partial charge in [-0.05, 0) is 55.3 Å². The van der Waals surface area contributed by atoms with Crippen LogP contribution in [0.2, 0.25) is 0 Å². The Morgan fingerprint density at radius 3 is 2.72 bits per heavy atom. The van der Waals surface area contributed by atoms with Crippen molar-refractivity contribution in [3.8, 4) is 23.0 Å². The summed E-state index contributed by atoms with van der Waals surface area (Å²) in [7, 11) is 0. The van der Waals surface area contributed by atoms with Gasteiger partial charge in [0.25, 0.3) is 0 Å². The van der Waals surface area contributed by atoms with Crippen LogP contribution in [-0.4, -0.2) is 24.2 Å². The Hall–Kier alpha value is -3.71. The number of hydrogen-bond acceptors (Lipinski definition) is 7. The van der Waals surface area contributed by atoms with Crippen LogP contribution in [0.25, 0.3) is 6.08 Å². The Morgan fingerprint density at radius 1 is 1.00 bits per heavy atom. The van der Waals surface area contributed by atoms with Crippen LogP contribution in [0.1, 0.15) is 38.6 Å². The molecule has 6 rings (SSSR count). The van der Waals surface area contributed by atoms with Gasteiger partial charge in [-0.1, -0.05) is 6.07 Å². The summed E-state index contributed by atoms with van der Waals surface area (Å²) in [5.41, 5.74) is 3.40. The molecule has 3 aliphatic heterocycles. The molecule has 162 valence electrons. The monoisotopic (exact) mass is 431 g/mol. The second-order valence-electron chi connectivity index (χ2n) is 8.21. The molecule has 7 nitrogen and oxygen atoms in total. The molecule has 0 amide bonds. The minimum atomic E-state index is -0.137. The molecule has 0 atom stereocenters. The zero-order chi connectivity index (χ0) is 21.8. The Morgan fingerprint density at radius 2 is 1.88 bits per heavy atom. The maximum Gasteiger partial charge on any atom is 0.232 e. The molecule has 0 aliphatic carbocycles. The van der Waals surface area contributed by atoms with E-state index in [0.29, 0.717) is 36.9 Å². The second-order valence-corrected chi connectivity index (χ2v) is 8.21. The molecule has 7 heteroatoms. The number of ketones is 1. The van der Waals surface area contributed by atoms with E-state index in [9.17, 15) is 4.79 Å². The summed E-state index contributed by atoms with van der Waals surface area (Å²) in [6.45, 7) is 5.74. The molecule has 1 aromatic heterocycles. The van der Waals surface area contributed by atoms with E-state index in [1.165, 1.54) is 0 Å². The van der Waals surface area contributed by atoms with Crippen LogP contribution in [0, 0.1) is 13.8 Å². The quantitative estimate of drug-likeness (QED) is 0.562. The molecule has 0 unspecified atom stereocenters. The van der Waals surface area contributed by atoms with Crippen molar-refractivity contribution in [2.45, 2.75) is 26.9 Å². The zero-order valence-corrected chi connectivity index (χ0v) is 17.8. The number of benzene rings is 2. The predicted octanol–water partition coefficient (Wildman–Crippen LogP) is 4.59. The molecular weight excluding hydrogens is 410 g/mol. The lowest BCUT2D eigenvalue weighted by molar-refractivity contribution is 0.0871. The Kier molecular flexibility index (Phi) is 4.26. The van der Waals surface area contributed by atoms with Gasteiger partial charge in [0.05, 0.1) is 11.1 Å². The van der Waals surface area contributed by atoms with Gasteiger partial charge in [-0.2, -0.15) is 0 Å². The first-order valence-corrected chi connectivity index (χ1v) is 10.5. The molecule has 0 fully saturated rings. The molecule has 32 heavy (non-hydrogen) atoms. The van der Waals surface area contributed by atoms with Crippen LogP contribution >= 0.6 is 0 Å². The SMILES string of the molecule is Cc1ccc(/C=C2\Oc3c4c(cc(C)c3C2=O)OCN(Cc2ccc3c(c2)OCO3)C4)o1. The van der Waals surface area contributed by atoms with E-state index in [-0.39, 0.29) is 18.3 Å². The second kappa shape index (κ2) is 7.17. The van der Waals surface area contributed by atoms with Crippen molar-refractivity contribution >= 4 is 11.9 Å². The Bertz CT molecular complexity index is 1290. The van der Waals surface area contributed by atoms with Crippen molar-refractivity contribution < 1.29 is 28.2 Å². The van der Waals surface area contributed by atoms with Crippen molar-refractivity contribution in [1.29, 1.82) is 0 Å². The fraction of sp³-hybridized carbons (Fsp3) is 0.240. The maximum absolute atomic E-state index is 13.1. The number of allylic oxidation sites excluding steroid dienone is 1. The van der Waals surface area contributed by atoms with Gasteiger partial charge < -0.3 is 23.4 Å². The van der Waals surface area contributed by atoms with Gasteiger partial charge in [0.1, 0.15) is 29.8 Å². The topological polar surface area (TPSA) is 70.4 Å². The third kappa shape index (κ3) is 3.13. The highest BCUT2D eigenvalue weighted by molar-refractivity contribution is 6.15. The number of carbonyl (C=O) groups is 1. The number of Topliss-reactive ketones (excluding diaryl/α,β-unsaturated/α-hetero) is 1. The van der Waals surface area contributed by atoms with E-state index in [0.717, 1.165) is 39.7 Å². The largest absolute Gasteiger partial charge is 0.478 e. The van der Waals surface area contributed by atoms with Crippen molar-refractivity contribution in [2.75, 3.05) is 13.5 Å². The number of hydrogen-bond donors (Lipinski definition) is 0. The van der Waals surface area contributed by atoms with Crippen LogP contribution in [0.5, 0.6) is 23.0 Å². The molecule has 0 bridgehead atoms. The van der Waals surface area contributed by atoms with E-state index < -0.39 is 0 Å². The average Bonchev–Trinajstić information content (AvgIpc) is 3.48. The lowest BCUT2D eigenvalue weighted by atomic mass is 9.98. The molecule has 3 aromatic rings. The van der Waals surface area contributed by atoms with Crippen LogP contribution in [-0.2, 0) is 13.1 Å². The lowest BCUT2D eigenvalue weighted by Crippen LogP contribution is -2.31. The number of rotatable bonds is 3. The average molecular weight is 431 g/mol. The van der Waals surface area contributed by atoms with Crippen LogP contribution in [0.4, 0.5) is 0 Å². The molecule has 0 saturated carbocycles. The maximum atomic E-state index is 13.1. The molecule has 0 N–H and O–H groups in total. The van der Waals surface area contributed by atoms with Crippen LogP contribution < -0.4 is 18.9 Å². The molecule has 4 heterocycles. The highest BCUT2D eigenvalue weighted by atomic mass is 16.7. The normalized spacial score (nSPS) is 17.8. The number of carbonyl (C=O) groups excluding carboxylic acids is 1. The number of aryl methyl sites for hydroxylation is 2. The Balaban J connectivity index is 1.29. The molecular formula is C25H21NO6. The van der Waals surface area contributed by atoms with Crippen molar-refractivity contribution in [3.05, 3.63) is 75.9 Å². The van der Waals surface area contributed by atoms with Gasteiger partial charge >= 0.3 is 0 Å². The van der Waals surface area contributed by atoms with Crippen LogP contribution in [0.15, 0.2) is 46.6 Å². The van der Waals surface area contributed by atoms with E-state index in [4.69, 9.17) is 23.4 Å². The van der Waals surface area contributed by atoms with Crippen molar-refractivity contribution in [1.82, 2.24) is 4.90 Å². The van der Waals surface area contributed by atoms with Gasteiger partial charge in [-0.3, -0.25) is 9.69 Å². The minimum absolute atomic E-state index is 0.137. The predicted molar refractivity (Wildman–Crippen MR) is 115 cm³/mol. The summed E-state index contributed by atoms with van der Waals surface area (Å²) < 4.78 is 28.6. The number of fused-ring (bicyclic) bond motifs is 4. The minimum Gasteiger partial charge on any atom is -0.478 e. The highest BCUT2D eigenvalue weighted by Gasteiger charge is 2.35. The summed E-state index contributed by atoms with van der Waals surface area (Å²) in [6.07, 6.45) is 1.65. The smallest absolute Gasteiger partial charge is 0.232 e. The van der Waals surface area contributed by atoms with Crippen molar-refractivity contribution in [2.24, 2.45) is 0 Å². The molecule has 3 aliphatic rings. The van der Waals surface area contributed by atoms with Gasteiger partial charge in [0, 0.05) is 19.2 Å². The van der Waals surface area contributed by atoms with Gasteiger partial charge in [0.15, 0.2) is 17.3 Å². The standard InChI is InChI=1S/C25H21NO6/c1-14-7-20-18(25-23(14)24(27)22(32-25)9-17-5-3-15(2)31-17)11-26(12-28-20)10-16-4-6-19-21(8-16)30-13-29-19/h3-9H,10-13H2,1-2H3/b22-9-. The van der Waals surface area contributed by atoms with Gasteiger partial charge in [0.2, 0.25) is 12.6 Å². The summed E-state index contributed by atoms with van der Waals surface area (Å²) in [4.78, 5) is 15.2. The number of ether oxygens (including phenoxy) is 4. The molecule has 0 radical (unpaired) electrons. The van der Waals surface area contributed by atoms with Gasteiger partial charge in [-0.25, -0.2) is 0 Å². The highest BCUT2D eigenvalue weighted by Crippen LogP contribution is 2.44. The lowest BCUT2D eigenvalue weighted by Gasteiger charge is -2.30. The summed E-state index contributed by atoms with van der Waals surface area (Å²) in [5, 5.41) is 0. The van der Waals surface area contributed by atoms with E-state index in [1.807, 2.05) is 50.2 Å². The summed E-state index contributed by atoms with van der Waals surface area (Å²) >= 11 is 0. The zero-order valence-electron chi connectivity index (χ0n) is 17.8. The third-order valence-electron chi connectivity index (χ3n) is 5.87. The first kappa shape index (κ1) is 19.0. The molecule has 0 saturated heterocycles. The van der Waals surface area contributed by atoms with E-state index in [2.05, 4.69) is 4.90 Å². The third-order valence-corrected chi connectivity index (χ3v) is 5.87. The van der Waals surface area contributed by atoms with Crippen molar-refractivity contribution in [3.63, 3.8) is 0 Å². The number of nitrogens with zero attached hydrogens (tertiary/aromatic N) is 1. The summed E-state index contributed by atoms with van der Waals surface area (Å²) in [6, 6.07) is 11.5. The van der Waals surface area contributed by atoms with Crippen LogP contribution in [0.3, 0.4) is 0 Å². The molecule has 2 aromatic carbocycles. The van der Waals surface area contributed by atoms with Gasteiger partial charge in [-0.15, -0.1) is 0 Å². The fourth-order valence-corrected chi connectivity index (χ4v) is 4.33. The number of furan rings is 1. The fourth-order valence-electron chi connectivity index (χ4n) is 4.33. The first-order valence-electron chi connectivity index (χ1n) is 10.5. The van der Waals surface area contributed by atoms with E-state index in [1.54, 1.807) is 6.08 Å². The molecule has 0 spiro atoms. The summed E-state index contributed by atoms with van der Waals surface area (Å²) in [5.74, 6) is 4.35. The van der Waals surface area contributed by atoms with E-state index >= 15 is 0 Å².